The second-order valence-electron chi connectivity index (χ2n) is 7.85. The van der Waals surface area contributed by atoms with Crippen molar-refractivity contribution in [1.82, 2.24) is 9.78 Å². The first-order valence-electron chi connectivity index (χ1n) is 10.4. The third kappa shape index (κ3) is 4.77. The average molecular weight is 418 g/mol. The predicted molar refractivity (Wildman–Crippen MR) is 118 cm³/mol. The molecule has 0 fully saturated rings. The molecule has 1 aliphatic carbocycles. The van der Waals surface area contributed by atoms with E-state index in [0.717, 1.165) is 30.4 Å². The topological polar surface area (TPSA) is 99.2 Å². The van der Waals surface area contributed by atoms with Crippen LogP contribution in [0.2, 0.25) is 0 Å². The summed E-state index contributed by atoms with van der Waals surface area (Å²) in [6.07, 6.45) is 5.10. The summed E-state index contributed by atoms with van der Waals surface area (Å²) in [5, 5.41) is 7.54. The molecule has 0 radical (unpaired) electrons. The number of rotatable bonds is 7. The van der Waals surface area contributed by atoms with E-state index in [2.05, 4.69) is 28.6 Å². The van der Waals surface area contributed by atoms with Crippen molar-refractivity contribution in [2.24, 2.45) is 5.73 Å². The van der Waals surface area contributed by atoms with Gasteiger partial charge >= 0.3 is 0 Å². The number of fused-ring (bicyclic) bond motifs is 1. The van der Waals surface area contributed by atoms with E-state index in [4.69, 9.17) is 10.5 Å². The van der Waals surface area contributed by atoms with Crippen LogP contribution in [-0.2, 0) is 22.4 Å². The molecule has 2 amide bonds. The molecule has 2 aromatic carbocycles. The van der Waals surface area contributed by atoms with Gasteiger partial charge in [-0.25, -0.2) is 4.68 Å². The zero-order valence-corrected chi connectivity index (χ0v) is 17.5. The third-order valence-electron chi connectivity index (χ3n) is 5.54. The molecule has 0 bridgehead atoms. The molecule has 31 heavy (non-hydrogen) atoms. The maximum absolute atomic E-state index is 12.6. The summed E-state index contributed by atoms with van der Waals surface area (Å²) in [5.74, 6) is 0.609. The molecule has 0 saturated heterocycles. The molecule has 1 aromatic heterocycles. The van der Waals surface area contributed by atoms with Crippen LogP contribution in [0, 0.1) is 6.92 Å². The molecule has 4 rings (SSSR count). The smallest absolute Gasteiger partial charge is 0.263 e. The van der Waals surface area contributed by atoms with E-state index >= 15 is 0 Å². The summed E-state index contributed by atoms with van der Waals surface area (Å²) in [7, 11) is 0. The fourth-order valence-corrected chi connectivity index (χ4v) is 4.04. The number of anilines is 1. The number of nitrogens with zero attached hydrogens (tertiary/aromatic N) is 2. The fourth-order valence-electron chi connectivity index (χ4n) is 4.04. The molecule has 3 aromatic rings. The molecule has 1 unspecified atom stereocenters. The molecule has 1 atom stereocenters. The van der Waals surface area contributed by atoms with Crippen molar-refractivity contribution in [1.29, 1.82) is 0 Å². The largest absolute Gasteiger partial charge is 0.484 e. The second kappa shape index (κ2) is 9.04. The first-order valence-corrected chi connectivity index (χ1v) is 10.4. The Hall–Kier alpha value is -3.61. The maximum atomic E-state index is 12.6. The van der Waals surface area contributed by atoms with Crippen molar-refractivity contribution in [3.63, 3.8) is 0 Å². The van der Waals surface area contributed by atoms with E-state index in [1.54, 1.807) is 30.5 Å². The molecule has 1 heterocycles. The lowest BCUT2D eigenvalue weighted by atomic mass is 9.88. The standard InChI is InChI=1S/C24H26N4O3/c1-16-14-26-28(21-8-4-6-18-5-2-3-7-20(18)21)24(16)27-23(30)15-31-19-11-9-17(10-12-19)13-22(25)29/h2-3,5,7,9-12,14,21H,4,6,8,13,15H2,1H3,(H2,25,29)(H,27,30). The highest BCUT2D eigenvalue weighted by molar-refractivity contribution is 5.91. The number of hydrogen-bond acceptors (Lipinski definition) is 4. The van der Waals surface area contributed by atoms with Gasteiger partial charge in [-0.1, -0.05) is 36.4 Å². The summed E-state index contributed by atoms with van der Waals surface area (Å²) in [6.45, 7) is 1.81. The lowest BCUT2D eigenvalue weighted by molar-refractivity contribution is -0.118. The van der Waals surface area contributed by atoms with Crippen LogP contribution in [0.3, 0.4) is 0 Å². The first kappa shape index (κ1) is 20.7. The van der Waals surface area contributed by atoms with Gasteiger partial charge in [-0.05, 0) is 55.0 Å². The Morgan fingerprint density at radius 1 is 1.19 bits per heavy atom. The van der Waals surface area contributed by atoms with E-state index in [0.29, 0.717) is 11.6 Å². The Bertz CT molecular complexity index is 1090. The van der Waals surface area contributed by atoms with Crippen LogP contribution in [0.25, 0.3) is 0 Å². The van der Waals surface area contributed by atoms with Crippen molar-refractivity contribution in [3.8, 4) is 5.75 Å². The van der Waals surface area contributed by atoms with Crippen LogP contribution in [0.15, 0.2) is 54.7 Å². The number of aryl methyl sites for hydroxylation is 2. The van der Waals surface area contributed by atoms with Crippen molar-refractivity contribution in [3.05, 3.63) is 77.0 Å². The Labute approximate surface area is 181 Å². The van der Waals surface area contributed by atoms with Gasteiger partial charge in [-0.15, -0.1) is 0 Å². The minimum Gasteiger partial charge on any atom is -0.484 e. The molecule has 160 valence electrons. The van der Waals surface area contributed by atoms with Gasteiger partial charge < -0.3 is 15.8 Å². The van der Waals surface area contributed by atoms with Gasteiger partial charge in [-0.2, -0.15) is 5.10 Å². The van der Waals surface area contributed by atoms with E-state index in [9.17, 15) is 9.59 Å². The predicted octanol–water partition coefficient (Wildman–Crippen LogP) is 3.16. The Balaban J connectivity index is 1.43. The third-order valence-corrected chi connectivity index (χ3v) is 5.54. The quantitative estimate of drug-likeness (QED) is 0.616. The summed E-state index contributed by atoms with van der Waals surface area (Å²) in [6, 6.07) is 15.5. The number of hydrogen-bond donors (Lipinski definition) is 2. The van der Waals surface area contributed by atoms with E-state index in [1.807, 2.05) is 17.7 Å². The van der Waals surface area contributed by atoms with Gasteiger partial charge in [0.15, 0.2) is 6.61 Å². The number of primary amides is 1. The Morgan fingerprint density at radius 3 is 2.74 bits per heavy atom. The number of aromatic nitrogens is 2. The first-order chi connectivity index (χ1) is 15.0. The molecule has 0 aliphatic heterocycles. The number of nitrogens with two attached hydrogens (primary N) is 1. The van der Waals surface area contributed by atoms with E-state index in [-0.39, 0.29) is 30.9 Å². The summed E-state index contributed by atoms with van der Waals surface area (Å²) in [5.41, 5.74) is 9.52. The zero-order chi connectivity index (χ0) is 21.8. The number of ether oxygens (including phenoxy) is 1. The molecule has 1 aliphatic rings. The van der Waals surface area contributed by atoms with Crippen molar-refractivity contribution in [2.45, 2.75) is 38.6 Å². The van der Waals surface area contributed by atoms with Crippen molar-refractivity contribution >= 4 is 17.6 Å². The number of carbonyl (C=O) groups is 2. The molecule has 7 heteroatoms. The number of carbonyl (C=O) groups excluding carboxylic acids is 2. The van der Waals surface area contributed by atoms with Crippen LogP contribution in [0.4, 0.5) is 5.82 Å². The highest BCUT2D eigenvalue weighted by Gasteiger charge is 2.25. The Morgan fingerprint density at radius 2 is 1.97 bits per heavy atom. The van der Waals surface area contributed by atoms with Crippen LogP contribution in [-0.4, -0.2) is 28.2 Å². The molecule has 7 nitrogen and oxygen atoms in total. The molecular weight excluding hydrogens is 392 g/mol. The van der Waals surface area contributed by atoms with Gasteiger partial charge in [-0.3, -0.25) is 9.59 Å². The minimum atomic E-state index is -0.388. The molecule has 0 spiro atoms. The van der Waals surface area contributed by atoms with Crippen LogP contribution in [0.5, 0.6) is 5.75 Å². The SMILES string of the molecule is Cc1cnn(C2CCCc3ccccc32)c1NC(=O)COc1ccc(CC(N)=O)cc1. The average Bonchev–Trinajstić information content (AvgIpc) is 3.12. The fraction of sp³-hybridized carbons (Fsp3) is 0.292. The monoisotopic (exact) mass is 418 g/mol. The lowest BCUT2D eigenvalue weighted by Crippen LogP contribution is -2.25. The minimum absolute atomic E-state index is 0.104. The number of amides is 2. The van der Waals surface area contributed by atoms with Crippen molar-refractivity contribution < 1.29 is 14.3 Å². The Kier molecular flexibility index (Phi) is 6.02. The normalized spacial score (nSPS) is 15.2. The van der Waals surface area contributed by atoms with E-state index < -0.39 is 0 Å². The zero-order valence-electron chi connectivity index (χ0n) is 17.5. The lowest BCUT2D eigenvalue weighted by Gasteiger charge is -2.27. The second-order valence-corrected chi connectivity index (χ2v) is 7.85. The maximum Gasteiger partial charge on any atom is 0.263 e. The van der Waals surface area contributed by atoms with E-state index in [1.165, 1.54) is 11.1 Å². The molecular formula is C24H26N4O3. The van der Waals surface area contributed by atoms with Gasteiger partial charge in [0.25, 0.3) is 5.91 Å². The van der Waals surface area contributed by atoms with Crippen LogP contribution < -0.4 is 15.8 Å². The summed E-state index contributed by atoms with van der Waals surface area (Å²) < 4.78 is 7.52. The molecule has 0 saturated carbocycles. The number of benzene rings is 2. The van der Waals surface area contributed by atoms with Crippen molar-refractivity contribution in [2.75, 3.05) is 11.9 Å². The number of nitrogens with one attached hydrogen (secondary N) is 1. The van der Waals surface area contributed by atoms with Crippen LogP contribution in [0.1, 0.15) is 41.1 Å². The van der Waals surface area contributed by atoms with Gasteiger partial charge in [0, 0.05) is 5.56 Å². The van der Waals surface area contributed by atoms with Gasteiger partial charge in [0.05, 0.1) is 18.7 Å². The van der Waals surface area contributed by atoms with Gasteiger partial charge in [0.2, 0.25) is 5.91 Å². The summed E-state index contributed by atoms with van der Waals surface area (Å²) >= 11 is 0. The highest BCUT2D eigenvalue weighted by Crippen LogP contribution is 2.35. The summed E-state index contributed by atoms with van der Waals surface area (Å²) in [4.78, 5) is 23.6. The highest BCUT2D eigenvalue weighted by atomic mass is 16.5. The van der Waals surface area contributed by atoms with Gasteiger partial charge in [0.1, 0.15) is 11.6 Å². The van der Waals surface area contributed by atoms with Crippen LogP contribution >= 0.6 is 0 Å². The molecule has 3 N–H and O–H groups in total.